The molecule has 2 aromatic heterocycles. The summed E-state index contributed by atoms with van der Waals surface area (Å²) in [5.74, 6) is 0.745. The van der Waals surface area contributed by atoms with Crippen molar-refractivity contribution >= 4 is 5.91 Å². The molecule has 6 nitrogen and oxygen atoms in total. The molecule has 1 amide bonds. The van der Waals surface area contributed by atoms with E-state index in [9.17, 15) is 4.79 Å². The fourth-order valence-electron chi connectivity index (χ4n) is 3.74. The number of hydrogen-bond donors (Lipinski definition) is 1. The van der Waals surface area contributed by atoms with E-state index in [0.29, 0.717) is 18.1 Å². The van der Waals surface area contributed by atoms with E-state index in [1.807, 2.05) is 67.6 Å². The molecule has 0 saturated carbocycles. The molecule has 1 N–H and O–H groups in total. The molecule has 0 radical (unpaired) electrons. The number of nitrogens with one attached hydrogen (secondary N) is 1. The van der Waals surface area contributed by atoms with Crippen molar-refractivity contribution in [1.82, 2.24) is 20.1 Å². The lowest BCUT2D eigenvalue weighted by molar-refractivity contribution is 0.0940. The summed E-state index contributed by atoms with van der Waals surface area (Å²) in [6.45, 7) is 2.36. The van der Waals surface area contributed by atoms with Gasteiger partial charge in [0.2, 0.25) is 5.82 Å². The van der Waals surface area contributed by atoms with Crippen molar-refractivity contribution in [2.45, 2.75) is 13.5 Å². The topological polar surface area (TPSA) is 73.0 Å². The number of furan rings is 1. The van der Waals surface area contributed by atoms with Crippen LogP contribution in [0.2, 0.25) is 0 Å². The van der Waals surface area contributed by atoms with Gasteiger partial charge in [0.25, 0.3) is 5.91 Å². The molecule has 33 heavy (non-hydrogen) atoms. The zero-order valence-electron chi connectivity index (χ0n) is 18.1. The third-order valence-electron chi connectivity index (χ3n) is 5.34. The highest BCUT2D eigenvalue weighted by atomic mass is 16.3. The van der Waals surface area contributed by atoms with Crippen molar-refractivity contribution in [1.29, 1.82) is 0 Å². The predicted octanol–water partition coefficient (Wildman–Crippen LogP) is 5.43. The van der Waals surface area contributed by atoms with Gasteiger partial charge in [-0.15, -0.1) is 5.10 Å². The predicted molar refractivity (Wildman–Crippen MR) is 127 cm³/mol. The first-order valence-electron chi connectivity index (χ1n) is 10.7. The number of rotatable bonds is 6. The molecule has 0 aliphatic carbocycles. The average Bonchev–Trinajstić information content (AvgIpc) is 3.53. The number of nitrogens with zero attached hydrogens (tertiary/aromatic N) is 3. The smallest absolute Gasteiger partial charge is 0.291 e. The van der Waals surface area contributed by atoms with E-state index in [0.717, 1.165) is 27.9 Å². The Kier molecular flexibility index (Phi) is 5.55. The molecule has 5 rings (SSSR count). The van der Waals surface area contributed by atoms with Crippen molar-refractivity contribution in [2.75, 3.05) is 0 Å². The summed E-state index contributed by atoms with van der Waals surface area (Å²) in [7, 11) is 0. The summed E-state index contributed by atoms with van der Waals surface area (Å²) in [5.41, 5.74) is 5.08. The Morgan fingerprint density at radius 1 is 0.939 bits per heavy atom. The molecule has 162 valence electrons. The molecular formula is C27H22N4O2. The molecule has 0 atom stereocenters. The number of hydrogen-bond acceptors (Lipinski definition) is 4. The molecule has 6 heteroatoms. The lowest BCUT2D eigenvalue weighted by Crippen LogP contribution is -2.24. The van der Waals surface area contributed by atoms with Gasteiger partial charge >= 0.3 is 0 Å². The quantitative estimate of drug-likeness (QED) is 0.387. The van der Waals surface area contributed by atoms with Gasteiger partial charge in [0.05, 0.1) is 12.0 Å². The second kappa shape index (κ2) is 8.96. The average molecular weight is 434 g/mol. The number of benzene rings is 3. The first-order chi connectivity index (χ1) is 16.2. The van der Waals surface area contributed by atoms with Crippen LogP contribution < -0.4 is 5.32 Å². The molecular weight excluding hydrogens is 412 g/mol. The standard InChI is InChI=1S/C27H22N4O2/c1-19-9-7-13-22(17-19)31-26(24-15-8-16-33-24)29-25(30-31)27(32)28-18-21-12-5-6-14-23(21)20-10-3-2-4-11-20/h2-17H,18H2,1H3,(H,28,32). The van der Waals surface area contributed by atoms with Gasteiger partial charge < -0.3 is 9.73 Å². The van der Waals surface area contributed by atoms with Gasteiger partial charge in [-0.1, -0.05) is 66.7 Å². The van der Waals surface area contributed by atoms with E-state index in [1.54, 1.807) is 23.1 Å². The van der Waals surface area contributed by atoms with Crippen LogP contribution in [0, 0.1) is 6.92 Å². The van der Waals surface area contributed by atoms with Gasteiger partial charge in [-0.05, 0) is 53.4 Å². The molecule has 0 spiro atoms. The van der Waals surface area contributed by atoms with E-state index in [4.69, 9.17) is 4.42 Å². The summed E-state index contributed by atoms with van der Waals surface area (Å²) in [5, 5.41) is 7.47. The first kappa shape index (κ1) is 20.5. The highest BCUT2D eigenvalue weighted by molar-refractivity contribution is 5.91. The third kappa shape index (κ3) is 4.32. The minimum atomic E-state index is -0.350. The van der Waals surface area contributed by atoms with Crippen LogP contribution in [-0.2, 0) is 6.54 Å². The summed E-state index contributed by atoms with van der Waals surface area (Å²) in [6, 6.07) is 29.6. The molecule has 0 bridgehead atoms. The normalized spacial score (nSPS) is 10.8. The highest BCUT2D eigenvalue weighted by Gasteiger charge is 2.20. The van der Waals surface area contributed by atoms with Crippen LogP contribution >= 0.6 is 0 Å². The SMILES string of the molecule is Cc1cccc(-n2nc(C(=O)NCc3ccccc3-c3ccccc3)nc2-c2ccco2)c1. The van der Waals surface area contributed by atoms with E-state index >= 15 is 0 Å². The van der Waals surface area contributed by atoms with Crippen LogP contribution in [0.5, 0.6) is 0 Å². The lowest BCUT2D eigenvalue weighted by Gasteiger charge is -2.10. The molecule has 3 aromatic carbocycles. The molecule has 0 aliphatic heterocycles. The molecule has 0 unspecified atom stereocenters. The number of carbonyl (C=O) groups excluding carboxylic acids is 1. The van der Waals surface area contributed by atoms with E-state index in [1.165, 1.54) is 0 Å². The Labute approximate surface area is 191 Å². The maximum atomic E-state index is 13.0. The van der Waals surface area contributed by atoms with Crippen molar-refractivity contribution < 1.29 is 9.21 Å². The van der Waals surface area contributed by atoms with E-state index in [2.05, 4.69) is 33.6 Å². The molecule has 0 fully saturated rings. The number of amides is 1. The van der Waals surface area contributed by atoms with Crippen molar-refractivity contribution in [3.8, 4) is 28.4 Å². The molecule has 0 saturated heterocycles. The van der Waals surface area contributed by atoms with Crippen LogP contribution in [0.4, 0.5) is 0 Å². The molecule has 5 aromatic rings. The van der Waals surface area contributed by atoms with Crippen LogP contribution in [0.15, 0.2) is 102 Å². The van der Waals surface area contributed by atoms with Crippen molar-refractivity contribution in [3.63, 3.8) is 0 Å². The Balaban J connectivity index is 1.43. The van der Waals surface area contributed by atoms with Gasteiger partial charge in [-0.3, -0.25) is 4.79 Å². The maximum Gasteiger partial charge on any atom is 0.291 e. The van der Waals surface area contributed by atoms with Gasteiger partial charge in [0.15, 0.2) is 11.6 Å². The van der Waals surface area contributed by atoms with E-state index in [-0.39, 0.29) is 11.7 Å². The Bertz CT molecular complexity index is 1390. The van der Waals surface area contributed by atoms with Gasteiger partial charge in [-0.2, -0.15) is 4.98 Å². The van der Waals surface area contributed by atoms with Crippen molar-refractivity contribution in [2.24, 2.45) is 0 Å². The van der Waals surface area contributed by atoms with Crippen LogP contribution in [0.25, 0.3) is 28.4 Å². The summed E-state index contributed by atoms with van der Waals surface area (Å²) >= 11 is 0. The zero-order chi connectivity index (χ0) is 22.6. The molecule has 2 heterocycles. The zero-order valence-corrected chi connectivity index (χ0v) is 18.1. The first-order valence-corrected chi connectivity index (χ1v) is 10.7. The Morgan fingerprint density at radius 2 is 1.76 bits per heavy atom. The van der Waals surface area contributed by atoms with Gasteiger partial charge in [0, 0.05) is 6.54 Å². The van der Waals surface area contributed by atoms with Crippen molar-refractivity contribution in [3.05, 3.63) is 114 Å². The summed E-state index contributed by atoms with van der Waals surface area (Å²) in [6.07, 6.45) is 1.57. The fraction of sp³-hybridized carbons (Fsp3) is 0.0741. The Morgan fingerprint density at radius 3 is 2.55 bits per heavy atom. The van der Waals surface area contributed by atoms with Crippen LogP contribution in [0.1, 0.15) is 21.7 Å². The number of aromatic nitrogens is 3. The van der Waals surface area contributed by atoms with Gasteiger partial charge in [-0.25, -0.2) is 4.68 Å². The number of carbonyl (C=O) groups is 1. The highest BCUT2D eigenvalue weighted by Crippen LogP contribution is 2.24. The summed E-state index contributed by atoms with van der Waals surface area (Å²) < 4.78 is 7.18. The van der Waals surface area contributed by atoms with Crippen LogP contribution in [0.3, 0.4) is 0 Å². The Hall–Kier alpha value is -4.45. The second-order valence-electron chi connectivity index (χ2n) is 7.69. The third-order valence-corrected chi connectivity index (χ3v) is 5.34. The second-order valence-corrected chi connectivity index (χ2v) is 7.69. The number of aryl methyl sites for hydroxylation is 1. The minimum absolute atomic E-state index is 0.0834. The van der Waals surface area contributed by atoms with Crippen LogP contribution in [-0.4, -0.2) is 20.7 Å². The molecule has 0 aliphatic rings. The maximum absolute atomic E-state index is 13.0. The van der Waals surface area contributed by atoms with Gasteiger partial charge in [0.1, 0.15) is 0 Å². The lowest BCUT2D eigenvalue weighted by atomic mass is 10.00. The largest absolute Gasteiger partial charge is 0.461 e. The summed E-state index contributed by atoms with van der Waals surface area (Å²) in [4.78, 5) is 17.5. The van der Waals surface area contributed by atoms with E-state index < -0.39 is 0 Å². The fourth-order valence-corrected chi connectivity index (χ4v) is 3.74. The monoisotopic (exact) mass is 434 g/mol. The minimum Gasteiger partial charge on any atom is -0.461 e.